The summed E-state index contributed by atoms with van der Waals surface area (Å²) >= 11 is 0. The van der Waals surface area contributed by atoms with Gasteiger partial charge in [-0.1, -0.05) is 30.3 Å². The van der Waals surface area contributed by atoms with E-state index < -0.39 is 12.1 Å². The Bertz CT molecular complexity index is 931. The number of aromatic amines is 1. The molecular weight excluding hydrogens is 310 g/mol. The molecule has 6 nitrogen and oxygen atoms in total. The molecule has 0 saturated heterocycles. The molecule has 1 aromatic heterocycles. The molecule has 0 spiro atoms. The molecule has 0 atom stereocenters. The second kappa shape index (κ2) is 6.66. The number of aliphatic hydroxyl groups is 2. The molecule has 2 aromatic carbocycles. The lowest BCUT2D eigenvalue weighted by molar-refractivity contribution is -0.0194. The van der Waals surface area contributed by atoms with E-state index in [1.807, 2.05) is 30.3 Å². The Hall–Kier alpha value is -2.96. The van der Waals surface area contributed by atoms with E-state index in [4.69, 9.17) is 14.9 Å². The monoisotopic (exact) mass is 325 g/mol. The quantitative estimate of drug-likeness (QED) is 0.489. The van der Waals surface area contributed by atoms with Gasteiger partial charge >= 0.3 is 0 Å². The fourth-order valence-corrected chi connectivity index (χ4v) is 2.44. The van der Waals surface area contributed by atoms with Crippen LogP contribution in [0.2, 0.25) is 0 Å². The maximum absolute atomic E-state index is 11.9. The van der Waals surface area contributed by atoms with Crippen LogP contribution in [0, 0.1) is 0 Å². The van der Waals surface area contributed by atoms with Crippen LogP contribution in [-0.2, 0) is 6.61 Å². The summed E-state index contributed by atoms with van der Waals surface area (Å²) in [6.45, 7) is 0.294. The van der Waals surface area contributed by atoms with Crippen LogP contribution in [0.3, 0.4) is 0 Å². The Morgan fingerprint density at radius 1 is 1.04 bits per heavy atom. The molecule has 0 unspecified atom stereocenters. The number of H-pyrrole nitrogens is 1. The number of aromatic nitrogens is 1. The molecule has 3 rings (SSSR count). The fourth-order valence-electron chi connectivity index (χ4n) is 2.44. The van der Waals surface area contributed by atoms with Gasteiger partial charge in [0.1, 0.15) is 12.4 Å². The first-order chi connectivity index (χ1) is 11.6. The van der Waals surface area contributed by atoms with Crippen molar-refractivity contribution in [1.82, 2.24) is 4.98 Å². The van der Waals surface area contributed by atoms with Gasteiger partial charge in [0, 0.05) is 17.0 Å². The Morgan fingerprint density at radius 3 is 2.50 bits per heavy atom. The molecule has 0 amide bonds. The van der Waals surface area contributed by atoms with Crippen LogP contribution in [0.5, 0.6) is 5.75 Å². The van der Waals surface area contributed by atoms with Gasteiger partial charge in [0.2, 0.25) is 17.6 Å². The number of nitrogens with one attached hydrogen (secondary N) is 1. The number of carbonyl (C=O) groups excluding carboxylic acids is 1. The highest BCUT2D eigenvalue weighted by atomic mass is 16.5. The second-order valence-corrected chi connectivity index (χ2v) is 5.23. The second-order valence-electron chi connectivity index (χ2n) is 5.23. The summed E-state index contributed by atoms with van der Waals surface area (Å²) in [5.74, 6) is -0.447. The lowest BCUT2D eigenvalue weighted by Gasteiger charge is -2.12. The molecule has 0 aliphatic carbocycles. The highest BCUT2D eigenvalue weighted by molar-refractivity contribution is 6.09. The third-order valence-electron chi connectivity index (χ3n) is 3.59. The number of Topliss-reactive ketones (excluding diaryl/α,β-unsaturated/α-hetero) is 1. The van der Waals surface area contributed by atoms with Crippen LogP contribution in [-0.4, -0.2) is 27.3 Å². The number of fused-ring (bicyclic) bond motifs is 1. The van der Waals surface area contributed by atoms with Gasteiger partial charge in [-0.05, 0) is 23.8 Å². The zero-order valence-corrected chi connectivity index (χ0v) is 12.6. The van der Waals surface area contributed by atoms with Gasteiger partial charge in [0.05, 0.1) is 5.52 Å². The Balaban J connectivity index is 2.03. The van der Waals surface area contributed by atoms with Crippen LogP contribution in [0.25, 0.3) is 10.9 Å². The number of ketones is 1. The van der Waals surface area contributed by atoms with Gasteiger partial charge in [-0.2, -0.15) is 0 Å². The Labute approximate surface area is 137 Å². The number of pyridine rings is 1. The number of ether oxygens (including phenoxy) is 1. The SMILES string of the molecule is O=C(c1ccc(OCc2ccccc2)c2[nH]c(=O)ccc12)C(O)O. The van der Waals surface area contributed by atoms with Crippen molar-refractivity contribution in [3.8, 4) is 5.75 Å². The van der Waals surface area contributed by atoms with E-state index >= 15 is 0 Å². The summed E-state index contributed by atoms with van der Waals surface area (Å²) in [4.78, 5) is 26.2. The summed E-state index contributed by atoms with van der Waals surface area (Å²) < 4.78 is 5.75. The van der Waals surface area contributed by atoms with Gasteiger partial charge in [0.15, 0.2) is 0 Å². The molecule has 3 aromatic rings. The number of aliphatic hydroxyl groups excluding tert-OH is 1. The first kappa shape index (κ1) is 15.9. The van der Waals surface area contributed by atoms with Crippen molar-refractivity contribution in [2.24, 2.45) is 0 Å². The topological polar surface area (TPSA) is 99.6 Å². The number of hydrogen-bond donors (Lipinski definition) is 3. The summed E-state index contributed by atoms with van der Waals surface area (Å²) in [6.07, 6.45) is -2.11. The summed E-state index contributed by atoms with van der Waals surface area (Å²) in [5.41, 5.74) is 1.05. The molecule has 0 bridgehead atoms. The standard InChI is InChI=1S/C18H15NO5/c20-15-9-7-12-13(17(21)18(22)23)6-8-14(16(12)19-15)24-10-11-4-2-1-3-5-11/h1-9,18,22-23H,10H2,(H,19,20). The highest BCUT2D eigenvalue weighted by Gasteiger charge is 2.19. The molecule has 0 fully saturated rings. The maximum Gasteiger partial charge on any atom is 0.248 e. The van der Waals surface area contributed by atoms with Gasteiger partial charge < -0.3 is 19.9 Å². The van der Waals surface area contributed by atoms with E-state index in [0.29, 0.717) is 23.3 Å². The van der Waals surface area contributed by atoms with Crippen molar-refractivity contribution < 1.29 is 19.7 Å². The van der Waals surface area contributed by atoms with Crippen molar-refractivity contribution in [3.63, 3.8) is 0 Å². The predicted octanol–water partition coefficient (Wildman–Crippen LogP) is 1.60. The lowest BCUT2D eigenvalue weighted by atomic mass is 10.0. The smallest absolute Gasteiger partial charge is 0.248 e. The van der Waals surface area contributed by atoms with Crippen LogP contribution >= 0.6 is 0 Å². The predicted molar refractivity (Wildman–Crippen MR) is 87.9 cm³/mol. The minimum absolute atomic E-state index is 0.100. The minimum Gasteiger partial charge on any atom is -0.487 e. The number of benzene rings is 2. The average Bonchev–Trinajstić information content (AvgIpc) is 2.59. The van der Waals surface area contributed by atoms with Crippen LogP contribution in [0.15, 0.2) is 59.4 Å². The number of hydrogen-bond acceptors (Lipinski definition) is 5. The number of carbonyl (C=O) groups is 1. The average molecular weight is 325 g/mol. The summed E-state index contributed by atoms with van der Waals surface area (Å²) in [7, 11) is 0. The zero-order valence-electron chi connectivity index (χ0n) is 12.6. The van der Waals surface area contributed by atoms with E-state index in [0.717, 1.165) is 5.56 Å². The molecule has 0 saturated carbocycles. The van der Waals surface area contributed by atoms with Gasteiger partial charge in [-0.3, -0.25) is 9.59 Å². The van der Waals surface area contributed by atoms with E-state index in [2.05, 4.69) is 4.98 Å². The fraction of sp³-hybridized carbons (Fsp3) is 0.111. The third-order valence-corrected chi connectivity index (χ3v) is 3.59. The van der Waals surface area contributed by atoms with Gasteiger partial charge in [0.25, 0.3) is 0 Å². The molecule has 24 heavy (non-hydrogen) atoms. The van der Waals surface area contributed by atoms with Crippen molar-refractivity contribution in [3.05, 3.63) is 76.1 Å². The third kappa shape index (κ3) is 3.19. The van der Waals surface area contributed by atoms with E-state index in [-0.39, 0.29) is 11.1 Å². The minimum atomic E-state index is -2.11. The molecule has 1 heterocycles. The first-order valence-corrected chi connectivity index (χ1v) is 7.29. The maximum atomic E-state index is 11.9. The zero-order chi connectivity index (χ0) is 17.1. The van der Waals surface area contributed by atoms with Crippen LogP contribution in [0.1, 0.15) is 15.9 Å². The molecule has 3 N–H and O–H groups in total. The van der Waals surface area contributed by atoms with Gasteiger partial charge in [-0.25, -0.2) is 0 Å². The highest BCUT2D eigenvalue weighted by Crippen LogP contribution is 2.27. The Morgan fingerprint density at radius 2 is 1.79 bits per heavy atom. The Kier molecular flexibility index (Phi) is 4.41. The summed E-state index contributed by atoms with van der Waals surface area (Å²) in [6, 6.07) is 15.2. The summed E-state index contributed by atoms with van der Waals surface area (Å²) in [5, 5.41) is 18.6. The molecular formula is C18H15NO5. The lowest BCUT2D eigenvalue weighted by Crippen LogP contribution is -2.20. The normalized spacial score (nSPS) is 11.0. The van der Waals surface area contributed by atoms with E-state index in [9.17, 15) is 9.59 Å². The number of rotatable bonds is 5. The van der Waals surface area contributed by atoms with Gasteiger partial charge in [-0.15, -0.1) is 0 Å². The molecule has 0 aliphatic rings. The van der Waals surface area contributed by atoms with Crippen molar-refractivity contribution in [1.29, 1.82) is 0 Å². The molecule has 6 heteroatoms. The molecule has 0 aliphatic heterocycles. The first-order valence-electron chi connectivity index (χ1n) is 7.29. The van der Waals surface area contributed by atoms with E-state index in [1.165, 1.54) is 24.3 Å². The molecule has 122 valence electrons. The largest absolute Gasteiger partial charge is 0.487 e. The van der Waals surface area contributed by atoms with E-state index in [1.54, 1.807) is 0 Å². The van der Waals surface area contributed by atoms with Crippen molar-refractivity contribution >= 4 is 16.7 Å². The van der Waals surface area contributed by atoms with Crippen LogP contribution < -0.4 is 10.3 Å². The van der Waals surface area contributed by atoms with Crippen molar-refractivity contribution in [2.45, 2.75) is 12.9 Å². The molecule has 0 radical (unpaired) electrons. The van der Waals surface area contributed by atoms with Crippen LogP contribution in [0.4, 0.5) is 0 Å². The van der Waals surface area contributed by atoms with Crippen molar-refractivity contribution in [2.75, 3.05) is 0 Å².